The highest BCUT2D eigenvalue weighted by Gasteiger charge is 2.01. The second-order valence-electron chi connectivity index (χ2n) is 2.65. The molecule has 0 atom stereocenters. The standard InChI is InChI=1S/C10H9FN2O/c11-10-7(3-1-5-8(10)12)4-2-6-9(13)14/h1,3,5H,6,12H2,(H2,13,14). The van der Waals surface area contributed by atoms with Gasteiger partial charge in [0.25, 0.3) is 0 Å². The number of hydrogen-bond acceptors (Lipinski definition) is 2. The van der Waals surface area contributed by atoms with E-state index in [4.69, 9.17) is 11.5 Å². The van der Waals surface area contributed by atoms with E-state index in [9.17, 15) is 9.18 Å². The highest BCUT2D eigenvalue weighted by molar-refractivity contribution is 5.76. The maximum atomic E-state index is 13.2. The van der Waals surface area contributed by atoms with Crippen molar-refractivity contribution in [2.75, 3.05) is 5.73 Å². The number of carbonyl (C=O) groups is 1. The Balaban J connectivity index is 2.90. The first-order chi connectivity index (χ1) is 6.61. The molecular weight excluding hydrogens is 183 g/mol. The predicted molar refractivity (Wildman–Crippen MR) is 51.5 cm³/mol. The number of benzene rings is 1. The first-order valence-electron chi connectivity index (χ1n) is 3.92. The number of carbonyl (C=O) groups excluding carboxylic acids is 1. The summed E-state index contributed by atoms with van der Waals surface area (Å²) >= 11 is 0. The molecule has 0 fully saturated rings. The summed E-state index contributed by atoms with van der Waals surface area (Å²) in [4.78, 5) is 10.3. The zero-order chi connectivity index (χ0) is 10.6. The van der Waals surface area contributed by atoms with Crippen LogP contribution < -0.4 is 11.5 Å². The number of anilines is 1. The van der Waals surface area contributed by atoms with Crippen molar-refractivity contribution >= 4 is 11.6 Å². The van der Waals surface area contributed by atoms with Gasteiger partial charge in [0.2, 0.25) is 5.91 Å². The van der Waals surface area contributed by atoms with Crippen LogP contribution in [-0.4, -0.2) is 5.91 Å². The van der Waals surface area contributed by atoms with E-state index >= 15 is 0 Å². The van der Waals surface area contributed by atoms with E-state index in [2.05, 4.69) is 11.8 Å². The van der Waals surface area contributed by atoms with Gasteiger partial charge in [-0.3, -0.25) is 4.79 Å². The summed E-state index contributed by atoms with van der Waals surface area (Å²) in [7, 11) is 0. The predicted octanol–water partition coefficient (Wildman–Crippen LogP) is 0.635. The van der Waals surface area contributed by atoms with Gasteiger partial charge in [-0.15, -0.1) is 0 Å². The molecule has 0 radical (unpaired) electrons. The van der Waals surface area contributed by atoms with Crippen molar-refractivity contribution in [1.29, 1.82) is 0 Å². The van der Waals surface area contributed by atoms with Crippen molar-refractivity contribution in [2.45, 2.75) is 6.42 Å². The molecule has 0 bridgehead atoms. The van der Waals surface area contributed by atoms with E-state index in [0.29, 0.717) is 0 Å². The Morgan fingerprint density at radius 3 is 2.86 bits per heavy atom. The summed E-state index contributed by atoms with van der Waals surface area (Å²) in [6.45, 7) is 0. The van der Waals surface area contributed by atoms with Crippen LogP contribution in [0.15, 0.2) is 18.2 Å². The lowest BCUT2D eigenvalue weighted by atomic mass is 10.2. The number of hydrogen-bond donors (Lipinski definition) is 2. The minimum atomic E-state index is -0.565. The number of nitrogens with two attached hydrogens (primary N) is 2. The zero-order valence-corrected chi connectivity index (χ0v) is 7.38. The molecule has 0 aliphatic rings. The third-order valence-corrected chi connectivity index (χ3v) is 1.51. The number of amides is 1. The van der Waals surface area contributed by atoms with Crippen LogP contribution in [0.2, 0.25) is 0 Å². The average Bonchev–Trinajstić information content (AvgIpc) is 2.12. The fraction of sp³-hybridized carbons (Fsp3) is 0.100. The average molecular weight is 192 g/mol. The van der Waals surface area contributed by atoms with Crippen LogP contribution >= 0.6 is 0 Å². The summed E-state index contributed by atoms with van der Waals surface area (Å²) in [5, 5.41) is 0. The lowest BCUT2D eigenvalue weighted by Gasteiger charge is -1.96. The Morgan fingerprint density at radius 1 is 1.50 bits per heavy atom. The highest BCUT2D eigenvalue weighted by atomic mass is 19.1. The van der Waals surface area contributed by atoms with E-state index in [-0.39, 0.29) is 17.7 Å². The van der Waals surface area contributed by atoms with Crippen LogP contribution in [0.1, 0.15) is 12.0 Å². The number of halogens is 1. The maximum Gasteiger partial charge on any atom is 0.229 e. The van der Waals surface area contributed by atoms with Gasteiger partial charge in [-0.1, -0.05) is 17.9 Å². The van der Waals surface area contributed by atoms with Crippen LogP contribution in [0.25, 0.3) is 0 Å². The van der Waals surface area contributed by atoms with Crippen LogP contribution in [0.3, 0.4) is 0 Å². The molecule has 1 amide bonds. The summed E-state index contributed by atoms with van der Waals surface area (Å²) in [5.74, 6) is 3.82. The Bertz CT molecular complexity index is 418. The SMILES string of the molecule is NC(=O)CC#Cc1cccc(N)c1F. The monoisotopic (exact) mass is 192 g/mol. The van der Waals surface area contributed by atoms with Crippen molar-refractivity contribution in [3.05, 3.63) is 29.6 Å². The van der Waals surface area contributed by atoms with Crippen LogP contribution in [-0.2, 0) is 4.79 Å². The van der Waals surface area contributed by atoms with Crippen molar-refractivity contribution in [3.63, 3.8) is 0 Å². The molecule has 1 aromatic carbocycles. The topological polar surface area (TPSA) is 69.1 Å². The molecule has 3 nitrogen and oxygen atoms in total. The first kappa shape index (κ1) is 10.1. The minimum absolute atomic E-state index is 0.0378. The molecule has 4 N–H and O–H groups in total. The molecule has 0 aliphatic carbocycles. The van der Waals surface area contributed by atoms with Crippen LogP contribution in [0.5, 0.6) is 0 Å². The fourth-order valence-corrected chi connectivity index (χ4v) is 0.873. The molecule has 14 heavy (non-hydrogen) atoms. The van der Waals surface area contributed by atoms with Gasteiger partial charge in [0.15, 0.2) is 5.82 Å². The van der Waals surface area contributed by atoms with Crippen LogP contribution in [0, 0.1) is 17.7 Å². The quantitative estimate of drug-likeness (QED) is 0.506. The Hall–Kier alpha value is -2.02. The molecule has 1 rings (SSSR count). The summed E-state index contributed by atoms with van der Waals surface area (Å²) < 4.78 is 13.2. The lowest BCUT2D eigenvalue weighted by molar-refractivity contribution is -0.117. The maximum absolute atomic E-state index is 13.2. The van der Waals surface area contributed by atoms with Crippen molar-refractivity contribution in [1.82, 2.24) is 0 Å². The molecular formula is C10H9FN2O. The van der Waals surface area contributed by atoms with E-state index in [1.165, 1.54) is 12.1 Å². The molecule has 1 aromatic rings. The number of rotatable bonds is 1. The van der Waals surface area contributed by atoms with Gasteiger partial charge in [-0.2, -0.15) is 0 Å². The zero-order valence-electron chi connectivity index (χ0n) is 7.38. The fourth-order valence-electron chi connectivity index (χ4n) is 0.873. The van der Waals surface area contributed by atoms with Gasteiger partial charge in [0.1, 0.15) is 0 Å². The molecule has 0 saturated heterocycles. The van der Waals surface area contributed by atoms with Gasteiger partial charge in [-0.25, -0.2) is 4.39 Å². The molecule has 72 valence electrons. The molecule has 0 saturated carbocycles. The Labute approximate surface area is 80.9 Å². The van der Waals surface area contributed by atoms with E-state index in [1.807, 2.05) is 0 Å². The van der Waals surface area contributed by atoms with Gasteiger partial charge in [0, 0.05) is 0 Å². The van der Waals surface area contributed by atoms with Crippen molar-refractivity contribution in [2.24, 2.45) is 5.73 Å². The number of primary amides is 1. The van der Waals surface area contributed by atoms with Gasteiger partial charge in [-0.05, 0) is 12.1 Å². The first-order valence-corrected chi connectivity index (χ1v) is 3.92. The second kappa shape index (κ2) is 4.28. The third-order valence-electron chi connectivity index (χ3n) is 1.51. The number of nitrogen functional groups attached to an aromatic ring is 1. The Kier molecular flexibility index (Phi) is 3.08. The normalized spacial score (nSPS) is 8.93. The largest absolute Gasteiger partial charge is 0.396 e. The van der Waals surface area contributed by atoms with Gasteiger partial charge >= 0.3 is 0 Å². The highest BCUT2D eigenvalue weighted by Crippen LogP contribution is 2.12. The molecule has 0 spiro atoms. The summed E-state index contributed by atoms with van der Waals surface area (Å²) in [5.41, 5.74) is 10.4. The van der Waals surface area contributed by atoms with Gasteiger partial charge in [0.05, 0.1) is 17.7 Å². The molecule has 4 heteroatoms. The second-order valence-corrected chi connectivity index (χ2v) is 2.65. The van der Waals surface area contributed by atoms with Gasteiger partial charge < -0.3 is 11.5 Å². The molecule has 0 aliphatic heterocycles. The summed E-state index contributed by atoms with van der Waals surface area (Å²) in [6.07, 6.45) is -0.0890. The third kappa shape index (κ3) is 2.49. The molecule has 0 unspecified atom stereocenters. The summed E-state index contributed by atoms with van der Waals surface area (Å²) in [6, 6.07) is 4.51. The van der Waals surface area contributed by atoms with E-state index in [0.717, 1.165) is 0 Å². The minimum Gasteiger partial charge on any atom is -0.396 e. The molecule has 0 aromatic heterocycles. The lowest BCUT2D eigenvalue weighted by Crippen LogP contribution is -2.08. The smallest absolute Gasteiger partial charge is 0.229 e. The Morgan fingerprint density at radius 2 is 2.21 bits per heavy atom. The molecule has 0 heterocycles. The van der Waals surface area contributed by atoms with E-state index in [1.54, 1.807) is 6.07 Å². The van der Waals surface area contributed by atoms with Crippen LogP contribution in [0.4, 0.5) is 10.1 Å². The van der Waals surface area contributed by atoms with Crippen molar-refractivity contribution < 1.29 is 9.18 Å². The van der Waals surface area contributed by atoms with E-state index < -0.39 is 11.7 Å². The van der Waals surface area contributed by atoms with Crippen molar-refractivity contribution in [3.8, 4) is 11.8 Å².